The molecular weight excluding hydrogens is 208 g/mol. The minimum Gasteiger partial charge on any atom is -0.452 e. The molecular formula is C12H20O4. The Bertz CT molecular complexity index is 269. The molecule has 0 bridgehead atoms. The lowest BCUT2D eigenvalue weighted by Gasteiger charge is -2.48. The van der Waals surface area contributed by atoms with E-state index in [1.807, 2.05) is 13.8 Å². The van der Waals surface area contributed by atoms with Gasteiger partial charge in [-0.2, -0.15) is 0 Å². The molecule has 1 heterocycles. The highest BCUT2D eigenvalue weighted by Crippen LogP contribution is 2.41. The fraction of sp³-hybridized carbons (Fsp3) is 0.667. The van der Waals surface area contributed by atoms with Gasteiger partial charge in [-0.15, -0.1) is 0 Å². The smallest absolute Gasteiger partial charge is 0.273 e. The lowest BCUT2D eigenvalue weighted by Crippen LogP contribution is -2.59. The average Bonchev–Trinajstić information content (AvgIpc) is 2.16. The molecule has 16 heavy (non-hydrogen) atoms. The first-order valence-electron chi connectivity index (χ1n) is 5.42. The first-order chi connectivity index (χ1) is 7.38. The zero-order valence-electron chi connectivity index (χ0n) is 10.5. The molecule has 1 saturated heterocycles. The number of rotatable bonds is 4. The summed E-state index contributed by atoms with van der Waals surface area (Å²) in [5.74, 6) is -1.30. The van der Waals surface area contributed by atoms with Crippen LogP contribution in [0.3, 0.4) is 0 Å². The summed E-state index contributed by atoms with van der Waals surface area (Å²) in [6.07, 6.45) is 0. The molecule has 0 radical (unpaired) electrons. The highest BCUT2D eigenvalue weighted by molar-refractivity contribution is 5.18. The van der Waals surface area contributed by atoms with Gasteiger partial charge in [0.05, 0.1) is 0 Å². The molecule has 1 aliphatic heterocycles. The van der Waals surface area contributed by atoms with Gasteiger partial charge in [-0.3, -0.25) is 0 Å². The van der Waals surface area contributed by atoms with Gasteiger partial charge >= 0.3 is 0 Å². The van der Waals surface area contributed by atoms with Crippen molar-refractivity contribution in [3.8, 4) is 0 Å². The lowest BCUT2D eigenvalue weighted by molar-refractivity contribution is -0.394. The van der Waals surface area contributed by atoms with Crippen LogP contribution < -0.4 is 0 Å². The van der Waals surface area contributed by atoms with E-state index in [9.17, 15) is 0 Å². The summed E-state index contributed by atoms with van der Waals surface area (Å²) in [6.45, 7) is 15.7. The fourth-order valence-electron chi connectivity index (χ4n) is 1.64. The van der Waals surface area contributed by atoms with Crippen LogP contribution in [0.1, 0.15) is 27.7 Å². The SMILES string of the molecule is C=C1O[C@@](C)(OCC)[C@](C)(OCC)OC1=C. The van der Waals surface area contributed by atoms with Crippen LogP contribution >= 0.6 is 0 Å². The predicted molar refractivity (Wildman–Crippen MR) is 60.5 cm³/mol. The van der Waals surface area contributed by atoms with Gasteiger partial charge in [0.1, 0.15) is 0 Å². The second-order valence-electron chi connectivity index (χ2n) is 3.81. The van der Waals surface area contributed by atoms with E-state index < -0.39 is 11.6 Å². The summed E-state index contributed by atoms with van der Waals surface area (Å²) in [5, 5.41) is 0. The van der Waals surface area contributed by atoms with Crippen molar-refractivity contribution in [2.45, 2.75) is 39.3 Å². The van der Waals surface area contributed by atoms with Crippen molar-refractivity contribution >= 4 is 0 Å². The normalized spacial score (nSPS) is 34.5. The van der Waals surface area contributed by atoms with Crippen molar-refractivity contribution in [2.75, 3.05) is 13.2 Å². The molecule has 1 rings (SSSR count). The Morgan fingerprint density at radius 3 is 1.50 bits per heavy atom. The maximum Gasteiger partial charge on any atom is 0.273 e. The minimum absolute atomic E-state index is 0.369. The highest BCUT2D eigenvalue weighted by Gasteiger charge is 2.55. The Hall–Kier alpha value is -1.00. The van der Waals surface area contributed by atoms with E-state index in [4.69, 9.17) is 18.9 Å². The molecule has 0 aliphatic carbocycles. The van der Waals surface area contributed by atoms with E-state index in [2.05, 4.69) is 13.2 Å². The van der Waals surface area contributed by atoms with Gasteiger partial charge in [-0.25, -0.2) is 0 Å². The zero-order chi connectivity index (χ0) is 12.4. The third kappa shape index (κ3) is 2.08. The van der Waals surface area contributed by atoms with E-state index in [1.54, 1.807) is 13.8 Å². The van der Waals surface area contributed by atoms with Gasteiger partial charge in [0.2, 0.25) is 0 Å². The van der Waals surface area contributed by atoms with Crippen LogP contribution in [-0.4, -0.2) is 24.8 Å². The van der Waals surface area contributed by atoms with E-state index in [-0.39, 0.29) is 0 Å². The van der Waals surface area contributed by atoms with Crippen molar-refractivity contribution in [1.29, 1.82) is 0 Å². The summed E-state index contributed by atoms with van der Waals surface area (Å²) < 4.78 is 22.4. The van der Waals surface area contributed by atoms with Crippen LogP contribution in [0.5, 0.6) is 0 Å². The van der Waals surface area contributed by atoms with Crippen LogP contribution in [-0.2, 0) is 18.9 Å². The predicted octanol–water partition coefficient (Wildman–Crippen LogP) is 2.57. The first-order valence-corrected chi connectivity index (χ1v) is 5.42. The zero-order valence-corrected chi connectivity index (χ0v) is 10.5. The third-order valence-corrected chi connectivity index (χ3v) is 2.61. The summed E-state index contributed by atoms with van der Waals surface area (Å²) in [4.78, 5) is 0. The van der Waals surface area contributed by atoms with Crippen LogP contribution in [0.25, 0.3) is 0 Å². The van der Waals surface area contributed by atoms with Gasteiger partial charge in [0.15, 0.2) is 11.5 Å². The summed E-state index contributed by atoms with van der Waals surface area (Å²) in [6, 6.07) is 0. The first kappa shape index (κ1) is 13.1. The standard InChI is InChI=1S/C12H20O4/c1-7-13-11(5)12(6,14-8-2)16-10(4)9(3)15-11/h3-4,7-8H2,1-2,5-6H3/t11-,12-/m1/s1. The topological polar surface area (TPSA) is 36.9 Å². The van der Waals surface area contributed by atoms with Gasteiger partial charge in [0, 0.05) is 27.1 Å². The summed E-state index contributed by atoms with van der Waals surface area (Å²) >= 11 is 0. The van der Waals surface area contributed by atoms with E-state index in [0.29, 0.717) is 24.7 Å². The molecule has 0 N–H and O–H groups in total. The van der Waals surface area contributed by atoms with Crippen molar-refractivity contribution in [3.63, 3.8) is 0 Å². The van der Waals surface area contributed by atoms with Crippen LogP contribution in [0, 0.1) is 0 Å². The second kappa shape index (κ2) is 4.47. The fourth-order valence-corrected chi connectivity index (χ4v) is 1.64. The molecule has 4 heteroatoms. The van der Waals surface area contributed by atoms with E-state index in [1.165, 1.54) is 0 Å². The number of hydrogen-bond donors (Lipinski definition) is 0. The molecule has 0 aromatic heterocycles. The maximum atomic E-state index is 5.63. The molecule has 1 fully saturated rings. The molecule has 0 amide bonds. The monoisotopic (exact) mass is 228 g/mol. The van der Waals surface area contributed by atoms with Crippen LogP contribution in [0.15, 0.2) is 24.7 Å². The number of hydrogen-bond acceptors (Lipinski definition) is 4. The van der Waals surface area contributed by atoms with Crippen molar-refractivity contribution in [1.82, 2.24) is 0 Å². The Kier molecular flexibility index (Phi) is 3.65. The molecule has 0 spiro atoms. The maximum absolute atomic E-state index is 5.63. The largest absolute Gasteiger partial charge is 0.452 e. The van der Waals surface area contributed by atoms with Gasteiger partial charge in [-0.05, 0) is 13.8 Å². The van der Waals surface area contributed by atoms with Crippen molar-refractivity contribution in [2.24, 2.45) is 0 Å². The second-order valence-corrected chi connectivity index (χ2v) is 3.81. The minimum atomic E-state index is -1.02. The molecule has 0 unspecified atom stereocenters. The average molecular weight is 228 g/mol. The van der Waals surface area contributed by atoms with Crippen LogP contribution in [0.4, 0.5) is 0 Å². The van der Waals surface area contributed by atoms with Gasteiger partial charge < -0.3 is 18.9 Å². The molecule has 92 valence electrons. The van der Waals surface area contributed by atoms with E-state index in [0.717, 1.165) is 0 Å². The Balaban J connectivity index is 3.00. The quantitative estimate of drug-likeness (QED) is 0.741. The Labute approximate surface area is 96.8 Å². The molecule has 0 aromatic rings. The Morgan fingerprint density at radius 2 is 1.25 bits per heavy atom. The molecule has 1 aliphatic rings. The molecule has 0 saturated carbocycles. The Morgan fingerprint density at radius 1 is 0.938 bits per heavy atom. The van der Waals surface area contributed by atoms with Crippen molar-refractivity contribution in [3.05, 3.63) is 24.7 Å². The van der Waals surface area contributed by atoms with Crippen LogP contribution in [0.2, 0.25) is 0 Å². The molecule has 2 atom stereocenters. The third-order valence-electron chi connectivity index (χ3n) is 2.61. The van der Waals surface area contributed by atoms with Gasteiger partial charge in [0.25, 0.3) is 11.6 Å². The molecule has 0 aromatic carbocycles. The lowest BCUT2D eigenvalue weighted by atomic mass is 10.1. The molecule has 4 nitrogen and oxygen atoms in total. The summed E-state index contributed by atoms with van der Waals surface area (Å²) in [7, 11) is 0. The van der Waals surface area contributed by atoms with E-state index >= 15 is 0 Å². The number of ether oxygens (including phenoxy) is 4. The summed E-state index contributed by atoms with van der Waals surface area (Å²) in [5.41, 5.74) is 0. The van der Waals surface area contributed by atoms with Crippen molar-refractivity contribution < 1.29 is 18.9 Å². The highest BCUT2D eigenvalue weighted by atomic mass is 16.8. The van der Waals surface area contributed by atoms with Gasteiger partial charge in [-0.1, -0.05) is 13.2 Å².